The molecular weight excluding hydrogens is 278 g/mol. The normalized spacial score (nSPS) is 22.8. The van der Waals surface area contributed by atoms with Gasteiger partial charge in [-0.2, -0.15) is 0 Å². The molecule has 0 aliphatic heterocycles. The van der Waals surface area contributed by atoms with Crippen LogP contribution in [0.3, 0.4) is 0 Å². The molecule has 1 atom stereocenters. The van der Waals surface area contributed by atoms with Gasteiger partial charge in [-0.05, 0) is 24.1 Å². The maximum absolute atomic E-state index is 9.30. The molecule has 0 aromatic carbocycles. The Kier molecular flexibility index (Phi) is 4.88. The summed E-state index contributed by atoms with van der Waals surface area (Å²) < 4.78 is 0. The summed E-state index contributed by atoms with van der Waals surface area (Å²) in [6.07, 6.45) is 8.18. The summed E-state index contributed by atoms with van der Waals surface area (Å²) in [6.45, 7) is 0.911. The van der Waals surface area contributed by atoms with Crippen LogP contribution in [0.2, 0.25) is 0 Å². The van der Waals surface area contributed by atoms with Crippen LogP contribution in [0, 0.1) is 0 Å². The van der Waals surface area contributed by atoms with E-state index in [1.54, 1.807) is 0 Å². The van der Waals surface area contributed by atoms with Gasteiger partial charge >= 0.3 is 0 Å². The lowest BCUT2D eigenvalue weighted by molar-refractivity contribution is 0.0784. The summed E-state index contributed by atoms with van der Waals surface area (Å²) in [5.41, 5.74) is 6.93. The van der Waals surface area contributed by atoms with E-state index in [0.29, 0.717) is 30.2 Å². The van der Waals surface area contributed by atoms with Crippen molar-refractivity contribution < 1.29 is 10.2 Å². The number of allylic oxidation sites excluding steroid dienone is 1. The molecule has 20 heavy (non-hydrogen) atoms. The molecule has 5 N–H and O–H groups in total. The highest BCUT2D eigenvalue weighted by Crippen LogP contribution is 2.39. The third-order valence-corrected chi connectivity index (χ3v) is 4.00. The number of aromatic amines is 1. The molecule has 0 spiro atoms. The van der Waals surface area contributed by atoms with Crippen LogP contribution in [0.1, 0.15) is 12.0 Å². The number of rotatable bonds is 6. The first kappa shape index (κ1) is 15.1. The summed E-state index contributed by atoms with van der Waals surface area (Å²) in [4.78, 5) is 5.06. The first-order chi connectivity index (χ1) is 9.64. The number of nitrogens with zero attached hydrogens (tertiary/aromatic N) is 1. The van der Waals surface area contributed by atoms with Crippen LogP contribution in [-0.4, -0.2) is 46.4 Å². The van der Waals surface area contributed by atoms with Crippen molar-refractivity contribution in [1.82, 2.24) is 9.88 Å². The SMILES string of the molecule is NC1=CCC(c2cc[nH]c2)(N(CCO)CCO)C=C1Cl. The molecule has 6 heteroatoms. The topological polar surface area (TPSA) is 85.5 Å². The number of H-pyrrole nitrogens is 1. The van der Waals surface area contributed by atoms with Crippen LogP contribution in [0.25, 0.3) is 0 Å². The van der Waals surface area contributed by atoms with Crippen molar-refractivity contribution in [3.05, 3.63) is 46.9 Å². The average molecular weight is 298 g/mol. The van der Waals surface area contributed by atoms with E-state index in [9.17, 15) is 10.2 Å². The number of hydrogen-bond donors (Lipinski definition) is 4. The van der Waals surface area contributed by atoms with Crippen LogP contribution in [0.5, 0.6) is 0 Å². The third-order valence-electron chi connectivity index (χ3n) is 3.68. The maximum Gasteiger partial charge on any atom is 0.0715 e. The second-order valence-electron chi connectivity index (χ2n) is 4.81. The fraction of sp³-hybridized carbons (Fsp3) is 0.429. The van der Waals surface area contributed by atoms with Gasteiger partial charge in [0.25, 0.3) is 0 Å². The molecule has 1 aromatic rings. The Morgan fingerprint density at radius 1 is 1.35 bits per heavy atom. The van der Waals surface area contributed by atoms with Crippen molar-refractivity contribution >= 4 is 11.6 Å². The number of nitrogens with two attached hydrogens (primary N) is 1. The monoisotopic (exact) mass is 297 g/mol. The first-order valence-corrected chi connectivity index (χ1v) is 6.96. The van der Waals surface area contributed by atoms with Gasteiger partial charge < -0.3 is 20.9 Å². The summed E-state index contributed by atoms with van der Waals surface area (Å²) in [6, 6.07) is 1.97. The van der Waals surface area contributed by atoms with Gasteiger partial charge in [0.15, 0.2) is 0 Å². The van der Waals surface area contributed by atoms with Gasteiger partial charge in [0.1, 0.15) is 0 Å². The molecule has 0 amide bonds. The highest BCUT2D eigenvalue weighted by atomic mass is 35.5. The summed E-state index contributed by atoms with van der Waals surface area (Å²) >= 11 is 6.22. The highest BCUT2D eigenvalue weighted by Gasteiger charge is 2.38. The molecule has 5 nitrogen and oxygen atoms in total. The smallest absolute Gasteiger partial charge is 0.0715 e. The lowest BCUT2D eigenvalue weighted by Crippen LogP contribution is -2.48. The van der Waals surface area contributed by atoms with Crippen LogP contribution in [-0.2, 0) is 5.54 Å². The zero-order chi connectivity index (χ0) is 14.6. The number of aliphatic hydroxyl groups excluding tert-OH is 2. The van der Waals surface area contributed by atoms with Gasteiger partial charge in [-0.3, -0.25) is 4.90 Å². The predicted molar refractivity (Wildman–Crippen MR) is 79.0 cm³/mol. The van der Waals surface area contributed by atoms with Gasteiger partial charge in [-0.15, -0.1) is 0 Å². The van der Waals surface area contributed by atoms with Crippen LogP contribution < -0.4 is 5.73 Å². The van der Waals surface area contributed by atoms with Gasteiger partial charge in [0, 0.05) is 31.2 Å². The Bertz CT molecular complexity index is 493. The largest absolute Gasteiger partial charge is 0.398 e. The van der Waals surface area contributed by atoms with Crippen molar-refractivity contribution in [3.8, 4) is 0 Å². The minimum atomic E-state index is -0.495. The molecule has 2 rings (SSSR count). The number of hydrogen-bond acceptors (Lipinski definition) is 4. The maximum atomic E-state index is 9.30. The molecule has 1 heterocycles. The second kappa shape index (κ2) is 6.45. The van der Waals surface area contributed by atoms with E-state index >= 15 is 0 Å². The summed E-state index contributed by atoms with van der Waals surface area (Å²) in [7, 11) is 0. The molecule has 0 saturated heterocycles. The molecule has 1 aromatic heterocycles. The quantitative estimate of drug-likeness (QED) is 0.627. The zero-order valence-corrected chi connectivity index (χ0v) is 12.0. The molecule has 1 unspecified atom stereocenters. The molecule has 110 valence electrons. The van der Waals surface area contributed by atoms with E-state index in [1.165, 1.54) is 0 Å². The van der Waals surface area contributed by atoms with Crippen molar-refractivity contribution in [2.24, 2.45) is 5.73 Å². The van der Waals surface area contributed by atoms with Gasteiger partial charge in [-0.1, -0.05) is 17.7 Å². The molecule has 1 aliphatic carbocycles. The Hall–Kier alpha value is -1.27. The Morgan fingerprint density at radius 3 is 2.55 bits per heavy atom. The fourth-order valence-electron chi connectivity index (χ4n) is 2.66. The van der Waals surface area contributed by atoms with E-state index in [1.807, 2.05) is 35.5 Å². The number of aromatic nitrogens is 1. The Labute approximate surface area is 123 Å². The minimum absolute atomic E-state index is 0.0107. The minimum Gasteiger partial charge on any atom is -0.398 e. The van der Waals surface area contributed by atoms with Crippen molar-refractivity contribution in [2.45, 2.75) is 12.0 Å². The number of nitrogens with one attached hydrogen (secondary N) is 1. The third kappa shape index (κ3) is 2.76. The zero-order valence-electron chi connectivity index (χ0n) is 11.2. The lowest BCUT2D eigenvalue weighted by atomic mass is 9.82. The summed E-state index contributed by atoms with van der Waals surface area (Å²) in [5.74, 6) is 0. The van der Waals surface area contributed by atoms with Gasteiger partial charge in [-0.25, -0.2) is 0 Å². The van der Waals surface area contributed by atoms with E-state index < -0.39 is 5.54 Å². The number of halogens is 1. The van der Waals surface area contributed by atoms with E-state index in [-0.39, 0.29) is 13.2 Å². The Morgan fingerprint density at radius 2 is 2.05 bits per heavy atom. The predicted octanol–water partition coefficient (Wildman–Crippen LogP) is 0.866. The number of aliphatic hydroxyl groups is 2. The highest BCUT2D eigenvalue weighted by molar-refractivity contribution is 6.32. The van der Waals surface area contributed by atoms with Crippen LogP contribution in [0.15, 0.2) is 41.3 Å². The lowest BCUT2D eigenvalue weighted by Gasteiger charge is -2.42. The van der Waals surface area contributed by atoms with Gasteiger partial charge in [0.05, 0.1) is 23.8 Å². The average Bonchev–Trinajstić information content (AvgIpc) is 2.96. The fourth-order valence-corrected chi connectivity index (χ4v) is 2.92. The van der Waals surface area contributed by atoms with Crippen LogP contribution >= 0.6 is 11.6 Å². The molecule has 0 saturated carbocycles. The van der Waals surface area contributed by atoms with Crippen molar-refractivity contribution in [1.29, 1.82) is 0 Å². The molecule has 0 radical (unpaired) electrons. The van der Waals surface area contributed by atoms with E-state index in [2.05, 4.69) is 4.98 Å². The van der Waals surface area contributed by atoms with Crippen molar-refractivity contribution in [2.75, 3.05) is 26.3 Å². The summed E-state index contributed by atoms with van der Waals surface area (Å²) in [5, 5.41) is 19.1. The second-order valence-corrected chi connectivity index (χ2v) is 5.22. The first-order valence-electron chi connectivity index (χ1n) is 6.58. The van der Waals surface area contributed by atoms with Gasteiger partial charge in [0.2, 0.25) is 0 Å². The molecule has 0 bridgehead atoms. The molecular formula is C14H20ClN3O2. The molecule has 0 fully saturated rings. The van der Waals surface area contributed by atoms with E-state index in [0.717, 1.165) is 5.56 Å². The van der Waals surface area contributed by atoms with Crippen LogP contribution in [0.4, 0.5) is 0 Å². The van der Waals surface area contributed by atoms with Crippen molar-refractivity contribution in [3.63, 3.8) is 0 Å². The molecule has 1 aliphatic rings. The standard InChI is InChI=1S/C14H20ClN3O2/c15-12-9-14(3-1-13(12)16,11-2-4-17-10-11)18(5-7-19)6-8-20/h1-2,4,9-10,17,19-20H,3,5-8,16H2. The van der Waals surface area contributed by atoms with E-state index in [4.69, 9.17) is 17.3 Å². The Balaban J connectivity index is 2.45.